The van der Waals surface area contributed by atoms with Crippen LogP contribution in [-0.2, 0) is 19.4 Å². The molecule has 1 N–H and O–H groups in total. The number of carbonyl (C=O) groups is 1. The largest absolute Gasteiger partial charge is 0.352 e. The molecule has 0 radical (unpaired) electrons. The van der Waals surface area contributed by atoms with Crippen LogP contribution in [0.1, 0.15) is 21.5 Å². The molecule has 0 unspecified atom stereocenters. The lowest BCUT2D eigenvalue weighted by Crippen LogP contribution is -2.31. The van der Waals surface area contributed by atoms with E-state index in [2.05, 4.69) is 21.2 Å². The summed E-state index contributed by atoms with van der Waals surface area (Å²) in [7, 11) is 0. The molecule has 4 nitrogen and oxygen atoms in total. The molecule has 2 aromatic carbocycles. The summed E-state index contributed by atoms with van der Waals surface area (Å²) in [6.07, 6.45) is 3.32. The van der Waals surface area contributed by atoms with E-state index in [0.717, 1.165) is 40.5 Å². The van der Waals surface area contributed by atoms with Crippen LogP contribution in [0.2, 0.25) is 0 Å². The van der Waals surface area contributed by atoms with Crippen molar-refractivity contribution in [3.8, 4) is 0 Å². The quantitative estimate of drug-likeness (QED) is 0.735. The predicted molar refractivity (Wildman–Crippen MR) is 102 cm³/mol. The van der Waals surface area contributed by atoms with Crippen molar-refractivity contribution in [1.82, 2.24) is 9.88 Å². The predicted octanol–water partition coefficient (Wildman–Crippen LogP) is 3.29. The highest BCUT2D eigenvalue weighted by atomic mass is 79.9. The number of nitrogens with one attached hydrogen (secondary N) is 1. The molecule has 4 rings (SSSR count). The molecular weight excluding hydrogens is 380 g/mol. The molecule has 0 atom stereocenters. The maximum atomic E-state index is 12.8. The van der Waals surface area contributed by atoms with Crippen LogP contribution in [0.5, 0.6) is 0 Å². The van der Waals surface area contributed by atoms with Crippen molar-refractivity contribution in [1.29, 1.82) is 0 Å². The monoisotopic (exact) mass is 396 g/mol. The van der Waals surface area contributed by atoms with Gasteiger partial charge in [-0.25, -0.2) is 0 Å². The second-order valence-electron chi connectivity index (χ2n) is 6.27. The Morgan fingerprint density at radius 3 is 2.80 bits per heavy atom. The number of pyridine rings is 1. The highest BCUT2D eigenvalue weighted by molar-refractivity contribution is 9.10. The molecule has 126 valence electrons. The van der Waals surface area contributed by atoms with Crippen molar-refractivity contribution in [2.75, 3.05) is 6.54 Å². The molecule has 0 saturated heterocycles. The number of benzene rings is 2. The Bertz CT molecular complexity index is 1030. The van der Waals surface area contributed by atoms with Gasteiger partial charge in [0.25, 0.3) is 5.91 Å². The van der Waals surface area contributed by atoms with Crippen molar-refractivity contribution < 1.29 is 4.79 Å². The third-order valence-corrected chi connectivity index (χ3v) is 5.08. The summed E-state index contributed by atoms with van der Waals surface area (Å²) in [5, 5.41) is 3.48. The van der Waals surface area contributed by atoms with Crippen LogP contribution in [0.4, 0.5) is 0 Å². The zero-order chi connectivity index (χ0) is 17.4. The standard InChI is InChI=1S/C20H17BrN2O2/c21-15-10-14-7-9-23-12-17(19(24)16(11-15)18(14)23)20(25)22-8-6-13-4-2-1-3-5-13/h1-5,10-12H,6-9H2,(H,22,25). The minimum absolute atomic E-state index is 0.201. The number of aromatic nitrogens is 1. The summed E-state index contributed by atoms with van der Waals surface area (Å²) < 4.78 is 2.90. The fourth-order valence-corrected chi connectivity index (χ4v) is 3.93. The second-order valence-corrected chi connectivity index (χ2v) is 7.18. The molecule has 0 fully saturated rings. The SMILES string of the molecule is O=C(NCCc1ccccc1)c1cn2c3c(cc(Br)cc3c1=O)CC2. The van der Waals surface area contributed by atoms with E-state index in [0.29, 0.717) is 11.9 Å². The first-order valence-corrected chi connectivity index (χ1v) is 9.10. The number of halogens is 1. The lowest BCUT2D eigenvalue weighted by molar-refractivity contribution is 0.0952. The van der Waals surface area contributed by atoms with E-state index >= 15 is 0 Å². The van der Waals surface area contributed by atoms with Crippen molar-refractivity contribution in [2.45, 2.75) is 19.4 Å². The summed E-state index contributed by atoms with van der Waals surface area (Å²) in [5.74, 6) is -0.306. The topological polar surface area (TPSA) is 51.1 Å². The van der Waals surface area contributed by atoms with Gasteiger partial charge in [0.05, 0.1) is 5.52 Å². The Kier molecular flexibility index (Phi) is 4.17. The van der Waals surface area contributed by atoms with Crippen LogP contribution in [-0.4, -0.2) is 17.0 Å². The molecule has 0 spiro atoms. The molecule has 25 heavy (non-hydrogen) atoms. The smallest absolute Gasteiger partial charge is 0.256 e. The fourth-order valence-electron chi connectivity index (χ4n) is 3.42. The van der Waals surface area contributed by atoms with E-state index in [-0.39, 0.29) is 16.9 Å². The number of hydrogen-bond acceptors (Lipinski definition) is 2. The summed E-state index contributed by atoms with van der Waals surface area (Å²) in [5.41, 5.74) is 3.27. The second kappa shape index (κ2) is 6.48. The van der Waals surface area contributed by atoms with Gasteiger partial charge < -0.3 is 9.88 Å². The molecule has 0 bridgehead atoms. The summed E-state index contributed by atoms with van der Waals surface area (Å²) in [4.78, 5) is 25.3. The highest BCUT2D eigenvalue weighted by Crippen LogP contribution is 2.28. The zero-order valence-corrected chi connectivity index (χ0v) is 15.2. The van der Waals surface area contributed by atoms with Gasteiger partial charge in [-0.05, 0) is 36.1 Å². The molecule has 1 aliphatic rings. The van der Waals surface area contributed by atoms with Gasteiger partial charge in [0.1, 0.15) is 5.56 Å². The van der Waals surface area contributed by atoms with Gasteiger partial charge >= 0.3 is 0 Å². The number of nitrogens with zero attached hydrogens (tertiary/aromatic N) is 1. The summed E-state index contributed by atoms with van der Waals surface area (Å²) in [6, 6.07) is 13.8. The van der Waals surface area contributed by atoms with Gasteiger partial charge in [-0.15, -0.1) is 0 Å². The Hall–Kier alpha value is -2.40. The number of rotatable bonds is 4. The van der Waals surface area contributed by atoms with Gasteiger partial charge in [0, 0.05) is 29.1 Å². The van der Waals surface area contributed by atoms with Crippen molar-refractivity contribution in [3.05, 3.63) is 80.0 Å². The Morgan fingerprint density at radius 1 is 1.20 bits per heavy atom. The summed E-state index contributed by atoms with van der Waals surface area (Å²) >= 11 is 3.46. The maximum Gasteiger partial charge on any atom is 0.256 e. The highest BCUT2D eigenvalue weighted by Gasteiger charge is 2.21. The molecule has 0 aliphatic carbocycles. The molecule has 5 heteroatoms. The minimum Gasteiger partial charge on any atom is -0.352 e. The van der Waals surface area contributed by atoms with Crippen LogP contribution in [0.15, 0.2) is 57.9 Å². The van der Waals surface area contributed by atoms with E-state index in [1.165, 1.54) is 0 Å². The lowest BCUT2D eigenvalue weighted by atomic mass is 10.1. The van der Waals surface area contributed by atoms with E-state index in [9.17, 15) is 9.59 Å². The Morgan fingerprint density at radius 2 is 2.00 bits per heavy atom. The Labute approximate surface area is 153 Å². The van der Waals surface area contributed by atoms with Gasteiger partial charge in [0.15, 0.2) is 0 Å². The molecule has 1 aromatic heterocycles. The first-order chi connectivity index (χ1) is 12.1. The van der Waals surface area contributed by atoms with E-state index in [1.54, 1.807) is 6.20 Å². The van der Waals surface area contributed by atoms with Crippen LogP contribution < -0.4 is 10.7 Å². The van der Waals surface area contributed by atoms with Gasteiger partial charge in [0.2, 0.25) is 5.43 Å². The molecule has 2 heterocycles. The first-order valence-electron chi connectivity index (χ1n) is 8.31. The van der Waals surface area contributed by atoms with Gasteiger partial charge in [-0.1, -0.05) is 46.3 Å². The molecule has 1 aliphatic heterocycles. The first kappa shape index (κ1) is 16.1. The van der Waals surface area contributed by atoms with Crippen LogP contribution in [0, 0.1) is 0 Å². The number of hydrogen-bond donors (Lipinski definition) is 1. The van der Waals surface area contributed by atoms with Crippen molar-refractivity contribution in [2.24, 2.45) is 0 Å². The third kappa shape index (κ3) is 3.00. The van der Waals surface area contributed by atoms with Gasteiger partial charge in [-0.3, -0.25) is 9.59 Å². The summed E-state index contributed by atoms with van der Waals surface area (Å²) in [6.45, 7) is 1.30. The molecule has 3 aromatic rings. The van der Waals surface area contributed by atoms with Crippen LogP contribution in [0.3, 0.4) is 0 Å². The number of amides is 1. The average molecular weight is 397 g/mol. The van der Waals surface area contributed by atoms with Gasteiger partial charge in [-0.2, -0.15) is 0 Å². The zero-order valence-electron chi connectivity index (χ0n) is 13.6. The third-order valence-electron chi connectivity index (χ3n) is 4.62. The minimum atomic E-state index is -0.306. The van der Waals surface area contributed by atoms with E-state index in [4.69, 9.17) is 0 Å². The van der Waals surface area contributed by atoms with Crippen molar-refractivity contribution in [3.63, 3.8) is 0 Å². The molecular formula is C20H17BrN2O2. The average Bonchev–Trinajstić information content (AvgIpc) is 3.01. The van der Waals surface area contributed by atoms with E-state index < -0.39 is 0 Å². The lowest BCUT2D eigenvalue weighted by Gasteiger charge is -2.10. The molecule has 0 saturated carbocycles. The Balaban J connectivity index is 1.61. The fraction of sp³-hybridized carbons (Fsp3) is 0.200. The van der Waals surface area contributed by atoms with Crippen molar-refractivity contribution >= 4 is 32.7 Å². The maximum absolute atomic E-state index is 12.8. The van der Waals surface area contributed by atoms with Crippen LogP contribution in [0.25, 0.3) is 10.9 Å². The molecule has 1 amide bonds. The number of carbonyl (C=O) groups excluding carboxylic acids is 1. The normalized spacial score (nSPS) is 12.5. The van der Waals surface area contributed by atoms with E-state index in [1.807, 2.05) is 47.0 Å². The number of aryl methyl sites for hydroxylation is 2. The van der Waals surface area contributed by atoms with Crippen LogP contribution >= 0.6 is 15.9 Å².